The third-order valence-corrected chi connectivity index (χ3v) is 2.98. The Morgan fingerprint density at radius 1 is 1.28 bits per heavy atom. The van der Waals surface area contributed by atoms with Crippen LogP contribution in [-0.4, -0.2) is 25.5 Å². The van der Waals surface area contributed by atoms with Crippen LogP contribution in [0.5, 0.6) is 5.75 Å². The van der Waals surface area contributed by atoms with Crippen molar-refractivity contribution in [1.82, 2.24) is 5.32 Å². The minimum absolute atomic E-state index is 0.179. The normalized spacial score (nSPS) is 18.8. The molecule has 0 aromatic heterocycles. The van der Waals surface area contributed by atoms with Crippen LogP contribution in [0.3, 0.4) is 0 Å². The summed E-state index contributed by atoms with van der Waals surface area (Å²) in [6.07, 6.45) is 4.15. The zero-order valence-corrected chi connectivity index (χ0v) is 11.3. The summed E-state index contributed by atoms with van der Waals surface area (Å²) in [5.74, 6) is 1.32. The van der Waals surface area contributed by atoms with Crippen LogP contribution in [-0.2, 0) is 4.79 Å². The van der Waals surface area contributed by atoms with Gasteiger partial charge in [0, 0.05) is 6.42 Å². The third kappa shape index (κ3) is 5.32. The van der Waals surface area contributed by atoms with Gasteiger partial charge in [-0.1, -0.05) is 31.5 Å². The highest BCUT2D eigenvalue weighted by Crippen LogP contribution is 2.13. The average Bonchev–Trinajstić information content (AvgIpc) is 2.43. The molecule has 1 aromatic carbocycles. The maximum atomic E-state index is 11.1. The Labute approximate surface area is 110 Å². The summed E-state index contributed by atoms with van der Waals surface area (Å²) in [7, 11) is 1.66. The summed E-state index contributed by atoms with van der Waals surface area (Å²) < 4.78 is 4.91. The van der Waals surface area contributed by atoms with Gasteiger partial charge in [0.25, 0.3) is 0 Å². The van der Waals surface area contributed by atoms with E-state index >= 15 is 0 Å². The topological polar surface area (TPSA) is 38.3 Å². The number of hydrogen-bond donors (Lipinski definition) is 1. The van der Waals surface area contributed by atoms with Crippen LogP contribution in [0.25, 0.3) is 0 Å². The highest BCUT2D eigenvalue weighted by molar-refractivity contribution is 5.84. The van der Waals surface area contributed by atoms with Crippen molar-refractivity contribution in [1.29, 1.82) is 0 Å². The van der Waals surface area contributed by atoms with Crippen LogP contribution in [0.1, 0.15) is 32.6 Å². The molecule has 0 amide bonds. The lowest BCUT2D eigenvalue weighted by molar-refractivity contribution is -0.122. The van der Waals surface area contributed by atoms with Gasteiger partial charge in [-0.25, -0.2) is 0 Å². The summed E-state index contributed by atoms with van der Waals surface area (Å²) in [5.41, 5.74) is 0. The molecule has 3 nitrogen and oxygen atoms in total. The van der Waals surface area contributed by atoms with Crippen molar-refractivity contribution in [2.24, 2.45) is 0 Å². The monoisotopic (exact) mass is 249 g/mol. The number of likely N-dealkylation sites (N-methyl/N-ethyl adjacent to an activating group) is 1. The molecule has 0 unspecified atom stereocenters. The van der Waals surface area contributed by atoms with Gasteiger partial charge in [0.1, 0.15) is 11.5 Å². The number of benzene rings is 1. The second-order valence-electron chi connectivity index (χ2n) is 4.34. The van der Waals surface area contributed by atoms with E-state index in [1.807, 2.05) is 37.3 Å². The van der Waals surface area contributed by atoms with Crippen LogP contribution < -0.4 is 10.1 Å². The summed E-state index contributed by atoms with van der Waals surface area (Å²) >= 11 is 0. The van der Waals surface area contributed by atoms with Gasteiger partial charge in [0.15, 0.2) is 0 Å². The van der Waals surface area contributed by atoms with Gasteiger partial charge in [-0.15, -0.1) is 0 Å². The highest BCUT2D eigenvalue weighted by Gasteiger charge is 2.20. The molecule has 0 bridgehead atoms. The predicted octanol–water partition coefficient (Wildman–Crippen LogP) is 2.80. The number of ether oxygens (including phenoxy) is 1. The van der Waals surface area contributed by atoms with Crippen molar-refractivity contribution >= 4 is 5.78 Å². The van der Waals surface area contributed by atoms with E-state index in [-0.39, 0.29) is 6.04 Å². The Bertz CT molecular complexity index is 336. The van der Waals surface area contributed by atoms with Crippen LogP contribution in [0, 0.1) is 0 Å². The Morgan fingerprint density at radius 3 is 2.50 bits per heavy atom. The molecule has 1 atom stereocenters. The van der Waals surface area contributed by atoms with E-state index in [0.29, 0.717) is 5.78 Å². The van der Waals surface area contributed by atoms with Crippen molar-refractivity contribution in [3.63, 3.8) is 0 Å². The Balaban J connectivity index is 0.000000184. The van der Waals surface area contributed by atoms with Crippen LogP contribution in [0.4, 0.5) is 0 Å². The number of ketones is 1. The Hall–Kier alpha value is -1.35. The zero-order valence-electron chi connectivity index (χ0n) is 11.3. The zero-order chi connectivity index (χ0) is 13.2. The quantitative estimate of drug-likeness (QED) is 0.895. The van der Waals surface area contributed by atoms with E-state index in [1.54, 1.807) is 7.11 Å². The van der Waals surface area contributed by atoms with E-state index < -0.39 is 0 Å². The second-order valence-corrected chi connectivity index (χ2v) is 4.34. The molecule has 0 saturated heterocycles. The predicted molar refractivity (Wildman–Crippen MR) is 73.9 cm³/mol. The molecule has 0 spiro atoms. The van der Waals surface area contributed by atoms with E-state index in [4.69, 9.17) is 4.74 Å². The minimum atomic E-state index is 0.179. The van der Waals surface area contributed by atoms with Crippen molar-refractivity contribution < 1.29 is 9.53 Å². The first-order valence-corrected chi connectivity index (χ1v) is 6.63. The SMILES string of the molecule is CCN[C@H]1CCCCC1=O.COc1ccccc1. The first kappa shape index (κ1) is 14.7. The molecule has 1 aliphatic carbocycles. The van der Waals surface area contributed by atoms with Crippen molar-refractivity contribution in [3.05, 3.63) is 30.3 Å². The fourth-order valence-electron chi connectivity index (χ4n) is 2.00. The highest BCUT2D eigenvalue weighted by atomic mass is 16.5. The number of hydrogen-bond acceptors (Lipinski definition) is 3. The van der Waals surface area contributed by atoms with Gasteiger partial charge in [-0.05, 0) is 31.5 Å². The molecular weight excluding hydrogens is 226 g/mol. The van der Waals surface area contributed by atoms with Gasteiger partial charge in [0.2, 0.25) is 0 Å². The first-order valence-electron chi connectivity index (χ1n) is 6.63. The molecule has 1 aromatic rings. The standard InChI is InChI=1S/C8H15NO.C7H8O/c1-2-9-7-5-3-4-6-8(7)10;1-8-7-5-3-2-4-6-7/h7,9H,2-6H2,1H3;2-6H,1H3/t7-;/m0./s1. The van der Waals surface area contributed by atoms with Gasteiger partial charge in [-0.2, -0.15) is 0 Å². The molecule has 1 aliphatic rings. The maximum Gasteiger partial charge on any atom is 0.149 e. The van der Waals surface area contributed by atoms with Crippen LogP contribution in [0.2, 0.25) is 0 Å². The summed E-state index contributed by atoms with van der Waals surface area (Å²) in [6.45, 7) is 2.96. The van der Waals surface area contributed by atoms with Gasteiger partial charge in [0.05, 0.1) is 13.2 Å². The lowest BCUT2D eigenvalue weighted by Gasteiger charge is -2.20. The van der Waals surface area contributed by atoms with Gasteiger partial charge >= 0.3 is 0 Å². The lowest BCUT2D eigenvalue weighted by atomic mass is 9.94. The number of rotatable bonds is 3. The van der Waals surface area contributed by atoms with Crippen molar-refractivity contribution in [3.8, 4) is 5.75 Å². The summed E-state index contributed by atoms with van der Waals surface area (Å²) in [4.78, 5) is 11.1. The van der Waals surface area contributed by atoms with E-state index in [9.17, 15) is 4.79 Å². The van der Waals surface area contributed by atoms with Gasteiger partial charge in [-0.3, -0.25) is 4.79 Å². The summed E-state index contributed by atoms with van der Waals surface area (Å²) in [5, 5.41) is 3.18. The number of para-hydroxylation sites is 1. The van der Waals surface area contributed by atoms with Crippen LogP contribution in [0.15, 0.2) is 30.3 Å². The van der Waals surface area contributed by atoms with Crippen LogP contribution >= 0.6 is 0 Å². The number of carbonyl (C=O) groups is 1. The molecule has 18 heavy (non-hydrogen) atoms. The van der Waals surface area contributed by atoms with E-state index in [0.717, 1.165) is 31.6 Å². The molecule has 0 aliphatic heterocycles. The molecular formula is C15H23NO2. The molecule has 1 fully saturated rings. The number of methoxy groups -OCH3 is 1. The Morgan fingerprint density at radius 2 is 2.00 bits per heavy atom. The van der Waals surface area contributed by atoms with E-state index in [1.165, 1.54) is 6.42 Å². The molecule has 1 N–H and O–H groups in total. The van der Waals surface area contributed by atoms with Crippen molar-refractivity contribution in [2.45, 2.75) is 38.6 Å². The molecule has 2 rings (SSSR count). The maximum absolute atomic E-state index is 11.1. The first-order chi connectivity index (χ1) is 8.77. The average molecular weight is 249 g/mol. The Kier molecular flexibility index (Phi) is 7.11. The molecule has 100 valence electrons. The number of nitrogens with one attached hydrogen (secondary N) is 1. The second kappa shape index (κ2) is 8.70. The molecule has 3 heteroatoms. The number of carbonyl (C=O) groups excluding carboxylic acids is 1. The van der Waals surface area contributed by atoms with Crippen molar-refractivity contribution in [2.75, 3.05) is 13.7 Å². The minimum Gasteiger partial charge on any atom is -0.497 e. The van der Waals surface area contributed by atoms with Gasteiger partial charge < -0.3 is 10.1 Å². The van der Waals surface area contributed by atoms with E-state index in [2.05, 4.69) is 5.32 Å². The molecule has 1 saturated carbocycles. The lowest BCUT2D eigenvalue weighted by Crippen LogP contribution is -2.38. The fourth-order valence-corrected chi connectivity index (χ4v) is 2.00. The largest absolute Gasteiger partial charge is 0.497 e. The molecule has 0 heterocycles. The third-order valence-electron chi connectivity index (χ3n) is 2.98. The fraction of sp³-hybridized carbons (Fsp3) is 0.533. The molecule has 0 radical (unpaired) electrons. The number of Topliss-reactive ketones (excluding diaryl/α,β-unsaturated/α-hetero) is 1. The smallest absolute Gasteiger partial charge is 0.149 e. The summed E-state index contributed by atoms with van der Waals surface area (Å²) in [6, 6.07) is 9.86.